The van der Waals surface area contributed by atoms with Gasteiger partial charge in [-0.05, 0) is 29.8 Å². The van der Waals surface area contributed by atoms with Crippen LogP contribution in [0.1, 0.15) is 33.1 Å². The molecule has 40 heavy (non-hydrogen) atoms. The largest absolute Gasteiger partial charge is 0.493 e. The normalized spacial score (nSPS) is 13.3. The summed E-state index contributed by atoms with van der Waals surface area (Å²) in [5.41, 5.74) is 13.7. The summed E-state index contributed by atoms with van der Waals surface area (Å²) in [7, 11) is 2.67. The summed E-state index contributed by atoms with van der Waals surface area (Å²) in [6, 6.07) is 12.4. The van der Waals surface area contributed by atoms with Crippen LogP contribution in [0.3, 0.4) is 0 Å². The first-order valence-corrected chi connectivity index (χ1v) is 11.6. The van der Waals surface area contributed by atoms with Gasteiger partial charge >= 0.3 is 5.97 Å². The highest BCUT2D eigenvalue weighted by Gasteiger charge is 2.30. The molecule has 0 radical (unpaired) electrons. The second kappa shape index (κ2) is 11.6. The summed E-state index contributed by atoms with van der Waals surface area (Å²) < 4.78 is 15.9. The van der Waals surface area contributed by atoms with E-state index in [2.05, 4.69) is 25.9 Å². The number of nitrogens with zero attached hydrogens (tertiary/aromatic N) is 4. The molecule has 0 fully saturated rings. The molecular weight excluding hydrogens is 518 g/mol. The lowest BCUT2D eigenvalue weighted by molar-refractivity contribution is -0.118. The highest BCUT2D eigenvalue weighted by atomic mass is 16.5. The van der Waals surface area contributed by atoms with Gasteiger partial charge in [0.05, 0.1) is 31.2 Å². The van der Waals surface area contributed by atoms with Gasteiger partial charge in [0, 0.05) is 5.56 Å². The molecule has 1 amide bonds. The number of ether oxygens (including phenoxy) is 3. The number of nitriles is 2. The number of nitrogens with one attached hydrogen (secondary N) is 3. The second-order valence-electron chi connectivity index (χ2n) is 8.19. The number of aromatic nitrogens is 1. The monoisotopic (exact) mass is 541 g/mol. The van der Waals surface area contributed by atoms with Crippen LogP contribution in [0.25, 0.3) is 0 Å². The number of carbonyl (C=O) groups excluding carboxylic acids is 2. The summed E-state index contributed by atoms with van der Waals surface area (Å²) in [4.78, 5) is 33.3. The number of hydrogen-bond donors (Lipinski definition) is 5. The molecule has 1 unspecified atom stereocenters. The molecule has 4 rings (SSSR count). The minimum atomic E-state index is -0.798. The summed E-state index contributed by atoms with van der Waals surface area (Å²) in [5, 5.41) is 26.5. The molecule has 2 aromatic carbocycles. The smallest absolute Gasteiger partial charge is 0.339 e. The third kappa shape index (κ3) is 5.32. The molecule has 0 saturated heterocycles. The van der Waals surface area contributed by atoms with Gasteiger partial charge in [0.25, 0.3) is 5.91 Å². The first-order valence-electron chi connectivity index (χ1n) is 11.6. The zero-order chi connectivity index (χ0) is 28.8. The summed E-state index contributed by atoms with van der Waals surface area (Å²) in [6.07, 6.45) is 1.79. The quantitative estimate of drug-likeness (QED) is 0.164. The Hall–Kier alpha value is -6.02. The number of anilines is 4. The van der Waals surface area contributed by atoms with Crippen LogP contribution in [0.5, 0.6) is 11.5 Å². The van der Waals surface area contributed by atoms with E-state index in [4.69, 9.17) is 30.9 Å². The van der Waals surface area contributed by atoms with Crippen molar-refractivity contribution in [3.8, 4) is 23.8 Å². The van der Waals surface area contributed by atoms with E-state index in [0.29, 0.717) is 11.1 Å². The van der Waals surface area contributed by atoms with E-state index in [1.165, 1.54) is 20.3 Å². The number of para-hydroxylation sites is 1. The molecule has 3 aromatic rings. The Bertz CT molecular complexity index is 1610. The third-order valence-electron chi connectivity index (χ3n) is 5.83. The van der Waals surface area contributed by atoms with E-state index in [1.54, 1.807) is 42.6 Å². The first-order chi connectivity index (χ1) is 19.3. The van der Waals surface area contributed by atoms with Crippen LogP contribution in [0, 0.1) is 22.8 Å². The molecule has 7 N–H and O–H groups in total. The number of benzene rings is 2. The lowest BCUT2D eigenvalue weighted by Crippen LogP contribution is -2.32. The SMILES string of the molecule is COC(=O)c1ccccc1NC(=O)COc1ccc(C2N=C(NC#N)Nc3nc(N)c(C#N)c(N)c32)cc1OC. The van der Waals surface area contributed by atoms with E-state index < -0.39 is 24.5 Å². The van der Waals surface area contributed by atoms with Crippen LogP contribution >= 0.6 is 0 Å². The average molecular weight is 542 g/mol. The number of fused-ring (bicyclic) bond motifs is 1. The van der Waals surface area contributed by atoms with Crippen LogP contribution in [-0.2, 0) is 9.53 Å². The van der Waals surface area contributed by atoms with Gasteiger partial charge in [-0.1, -0.05) is 18.2 Å². The lowest BCUT2D eigenvalue weighted by Gasteiger charge is -2.26. The van der Waals surface area contributed by atoms with E-state index in [1.807, 2.05) is 6.07 Å². The number of amides is 1. The molecule has 1 aromatic heterocycles. The second-order valence-corrected chi connectivity index (χ2v) is 8.19. The summed E-state index contributed by atoms with van der Waals surface area (Å²) in [6.45, 7) is -0.391. The maximum atomic E-state index is 12.6. The topological polar surface area (TPSA) is 223 Å². The van der Waals surface area contributed by atoms with Gasteiger partial charge < -0.3 is 36.3 Å². The number of pyridine rings is 1. The Labute approximate surface area is 228 Å². The van der Waals surface area contributed by atoms with Crippen molar-refractivity contribution in [1.29, 1.82) is 10.5 Å². The third-order valence-corrected chi connectivity index (χ3v) is 5.83. The van der Waals surface area contributed by atoms with Gasteiger partial charge in [-0.3, -0.25) is 10.1 Å². The molecule has 0 spiro atoms. The van der Waals surface area contributed by atoms with Crippen LogP contribution < -0.4 is 36.9 Å². The summed E-state index contributed by atoms with van der Waals surface area (Å²) >= 11 is 0. The van der Waals surface area contributed by atoms with Crippen molar-refractivity contribution < 1.29 is 23.8 Å². The van der Waals surface area contributed by atoms with Gasteiger partial charge in [-0.2, -0.15) is 10.5 Å². The Morgan fingerprint density at radius 3 is 2.60 bits per heavy atom. The zero-order valence-electron chi connectivity index (χ0n) is 21.3. The average Bonchev–Trinajstić information content (AvgIpc) is 2.95. The van der Waals surface area contributed by atoms with Crippen molar-refractivity contribution in [3.63, 3.8) is 0 Å². The minimum absolute atomic E-state index is 0.00384. The van der Waals surface area contributed by atoms with Crippen LogP contribution in [0.4, 0.5) is 23.0 Å². The molecule has 1 aliphatic heterocycles. The molecule has 202 valence electrons. The van der Waals surface area contributed by atoms with E-state index >= 15 is 0 Å². The number of nitrogen functional groups attached to an aromatic ring is 2. The Balaban J connectivity index is 1.60. The highest BCUT2D eigenvalue weighted by Crippen LogP contribution is 2.42. The molecule has 1 atom stereocenters. The Morgan fingerprint density at radius 1 is 1.12 bits per heavy atom. The fourth-order valence-electron chi connectivity index (χ4n) is 4.01. The number of carbonyl (C=O) groups is 2. The number of esters is 1. The van der Waals surface area contributed by atoms with Crippen LogP contribution in [0.2, 0.25) is 0 Å². The van der Waals surface area contributed by atoms with Crippen LogP contribution in [-0.4, -0.2) is 43.6 Å². The van der Waals surface area contributed by atoms with Gasteiger partial charge in [-0.25, -0.2) is 14.8 Å². The molecule has 0 aliphatic carbocycles. The van der Waals surface area contributed by atoms with E-state index in [-0.39, 0.29) is 51.6 Å². The number of hydrogen-bond acceptors (Lipinski definition) is 13. The predicted molar refractivity (Wildman–Crippen MR) is 144 cm³/mol. The minimum Gasteiger partial charge on any atom is -0.493 e. The van der Waals surface area contributed by atoms with E-state index in [9.17, 15) is 14.9 Å². The molecule has 1 aliphatic rings. The fourth-order valence-corrected chi connectivity index (χ4v) is 4.01. The van der Waals surface area contributed by atoms with E-state index in [0.717, 1.165) is 0 Å². The highest BCUT2D eigenvalue weighted by molar-refractivity contribution is 6.01. The van der Waals surface area contributed by atoms with Crippen molar-refractivity contribution in [2.24, 2.45) is 4.99 Å². The van der Waals surface area contributed by atoms with Gasteiger partial charge in [-0.15, -0.1) is 0 Å². The first kappa shape index (κ1) is 27.0. The molecule has 14 nitrogen and oxygen atoms in total. The predicted octanol–water partition coefficient (Wildman–Crippen LogP) is 1.87. The molecular formula is C26H23N9O5. The fraction of sp³-hybridized carbons (Fsp3) is 0.154. The van der Waals surface area contributed by atoms with Crippen molar-refractivity contribution >= 4 is 40.8 Å². The molecule has 0 saturated carbocycles. The summed E-state index contributed by atoms with van der Waals surface area (Å²) in [5.74, 6) is -0.340. The van der Waals surface area contributed by atoms with Gasteiger partial charge in [0.2, 0.25) is 5.96 Å². The standard InChI is InChI=1S/C26H23N9O5/c1-38-18-9-13(22-20-21(29)15(10-27)23(30)34-24(20)35-26(33-22)31-12-28)7-8-17(18)40-11-19(36)32-16-6-4-3-5-14(16)25(37)39-2/h3-9,22H,11H2,1-2H3,(H,32,36)(H6,29,30,31,33,34,35). The number of guanidine groups is 1. The van der Waals surface area contributed by atoms with Crippen molar-refractivity contribution in [1.82, 2.24) is 10.3 Å². The molecule has 0 bridgehead atoms. The van der Waals surface area contributed by atoms with Crippen LogP contribution in [0.15, 0.2) is 47.5 Å². The van der Waals surface area contributed by atoms with Crippen molar-refractivity contribution in [3.05, 3.63) is 64.7 Å². The van der Waals surface area contributed by atoms with Gasteiger partial charge in [0.1, 0.15) is 29.3 Å². The van der Waals surface area contributed by atoms with Crippen molar-refractivity contribution in [2.45, 2.75) is 6.04 Å². The number of methoxy groups -OCH3 is 2. The lowest BCUT2D eigenvalue weighted by atomic mass is 9.95. The van der Waals surface area contributed by atoms with Crippen molar-refractivity contribution in [2.75, 3.05) is 42.9 Å². The van der Waals surface area contributed by atoms with Gasteiger partial charge in [0.15, 0.2) is 24.3 Å². The Morgan fingerprint density at radius 2 is 1.90 bits per heavy atom. The number of aliphatic imine (C=N–C) groups is 1. The Kier molecular flexibility index (Phi) is 7.82. The molecule has 2 heterocycles. The zero-order valence-corrected chi connectivity index (χ0v) is 21.3. The molecule has 14 heteroatoms. The maximum absolute atomic E-state index is 12.6. The number of nitrogens with two attached hydrogens (primary N) is 2. The maximum Gasteiger partial charge on any atom is 0.339 e. The number of rotatable bonds is 7.